The number of likely N-dealkylation sites (tertiary alicyclic amines) is 1. The van der Waals surface area contributed by atoms with E-state index in [1.54, 1.807) is 0 Å². The van der Waals surface area contributed by atoms with Crippen LogP contribution in [0, 0.1) is 11.8 Å². The van der Waals surface area contributed by atoms with E-state index in [1.165, 1.54) is 0 Å². The van der Waals surface area contributed by atoms with Gasteiger partial charge in [0.05, 0.1) is 6.04 Å². The first-order valence-electron chi connectivity index (χ1n) is 8.28. The molecule has 4 nitrogen and oxygen atoms in total. The Morgan fingerprint density at radius 3 is 2.82 bits per heavy atom. The standard InChI is InChI=1S/C18H27NO3/c1-2-3-4-5-8-11-16-13-14-17(20)19(16)15-10-7-6-9-12-18(21)22/h8,11,16H,2,5-7,9-10,12-15H2,1H3,(H,21,22)/b11-8+. The number of hydrogen-bond acceptors (Lipinski definition) is 2. The summed E-state index contributed by atoms with van der Waals surface area (Å²) in [7, 11) is 0. The molecule has 1 aliphatic rings. The number of unbranched alkanes of at least 4 members (excludes halogenated alkanes) is 3. The highest BCUT2D eigenvalue weighted by atomic mass is 16.4. The second-order valence-corrected chi connectivity index (χ2v) is 5.59. The number of hydrogen-bond donors (Lipinski definition) is 1. The SMILES string of the molecule is CCC#CC/C=C/C1CCC(=O)N1CCCCCCC(=O)O. The number of carbonyl (C=O) groups is 2. The molecule has 1 heterocycles. The first-order valence-corrected chi connectivity index (χ1v) is 8.28. The molecule has 0 aromatic heterocycles. The number of aliphatic carboxylic acids is 1. The summed E-state index contributed by atoms with van der Waals surface area (Å²) in [5.74, 6) is 5.61. The maximum atomic E-state index is 11.9. The Morgan fingerprint density at radius 1 is 1.32 bits per heavy atom. The van der Waals surface area contributed by atoms with Gasteiger partial charge in [0.2, 0.25) is 5.91 Å². The average Bonchev–Trinajstić information content (AvgIpc) is 2.83. The van der Waals surface area contributed by atoms with Crippen LogP contribution in [0.2, 0.25) is 0 Å². The molecule has 0 aliphatic carbocycles. The summed E-state index contributed by atoms with van der Waals surface area (Å²) in [6.45, 7) is 2.81. The molecule has 0 bridgehead atoms. The highest BCUT2D eigenvalue weighted by Gasteiger charge is 2.28. The van der Waals surface area contributed by atoms with Crippen LogP contribution in [0.1, 0.15) is 64.7 Å². The third-order valence-electron chi connectivity index (χ3n) is 3.79. The van der Waals surface area contributed by atoms with E-state index in [1.807, 2.05) is 11.8 Å². The fraction of sp³-hybridized carbons (Fsp3) is 0.667. The summed E-state index contributed by atoms with van der Waals surface area (Å²) in [4.78, 5) is 24.3. The smallest absolute Gasteiger partial charge is 0.303 e. The number of carboxylic acid groups (broad SMARTS) is 1. The van der Waals surface area contributed by atoms with Crippen molar-refractivity contribution < 1.29 is 14.7 Å². The number of nitrogens with zero attached hydrogens (tertiary/aromatic N) is 1. The molecule has 0 aromatic rings. The van der Waals surface area contributed by atoms with Gasteiger partial charge in [0.1, 0.15) is 0 Å². The molecular weight excluding hydrogens is 278 g/mol. The van der Waals surface area contributed by atoms with Crippen LogP contribution in [0.5, 0.6) is 0 Å². The fourth-order valence-electron chi connectivity index (χ4n) is 2.64. The van der Waals surface area contributed by atoms with E-state index in [4.69, 9.17) is 5.11 Å². The zero-order valence-corrected chi connectivity index (χ0v) is 13.5. The van der Waals surface area contributed by atoms with Gasteiger partial charge in [0.25, 0.3) is 0 Å². The van der Waals surface area contributed by atoms with Gasteiger partial charge >= 0.3 is 5.97 Å². The van der Waals surface area contributed by atoms with Crippen LogP contribution in [0.15, 0.2) is 12.2 Å². The van der Waals surface area contributed by atoms with E-state index in [2.05, 4.69) is 24.0 Å². The Balaban J connectivity index is 2.26. The quantitative estimate of drug-likeness (QED) is 0.403. The molecule has 1 aliphatic heterocycles. The highest BCUT2D eigenvalue weighted by molar-refractivity contribution is 5.79. The lowest BCUT2D eigenvalue weighted by Crippen LogP contribution is -2.32. The summed E-state index contributed by atoms with van der Waals surface area (Å²) < 4.78 is 0. The van der Waals surface area contributed by atoms with Gasteiger partial charge in [0, 0.05) is 32.2 Å². The summed E-state index contributed by atoms with van der Waals surface area (Å²) in [5, 5.41) is 8.58. The molecule has 1 atom stereocenters. The molecule has 1 saturated heterocycles. The van der Waals surface area contributed by atoms with Crippen molar-refractivity contribution in [2.75, 3.05) is 6.54 Å². The Hall–Kier alpha value is -1.76. The van der Waals surface area contributed by atoms with Gasteiger partial charge in [-0.25, -0.2) is 0 Å². The lowest BCUT2D eigenvalue weighted by atomic mass is 10.1. The minimum atomic E-state index is -0.730. The van der Waals surface area contributed by atoms with Crippen molar-refractivity contribution >= 4 is 11.9 Å². The van der Waals surface area contributed by atoms with Gasteiger partial charge in [-0.15, -0.1) is 5.92 Å². The predicted molar refractivity (Wildman–Crippen MR) is 87.3 cm³/mol. The van der Waals surface area contributed by atoms with Gasteiger partial charge in [-0.3, -0.25) is 9.59 Å². The summed E-state index contributed by atoms with van der Waals surface area (Å²) in [6.07, 6.45) is 11.2. The minimum Gasteiger partial charge on any atom is -0.481 e. The monoisotopic (exact) mass is 305 g/mol. The summed E-state index contributed by atoms with van der Waals surface area (Å²) in [6, 6.07) is 0.218. The van der Waals surface area contributed by atoms with E-state index in [-0.39, 0.29) is 18.4 Å². The van der Waals surface area contributed by atoms with Crippen molar-refractivity contribution in [2.45, 2.75) is 70.8 Å². The van der Waals surface area contributed by atoms with Crippen LogP contribution in [0.25, 0.3) is 0 Å². The van der Waals surface area contributed by atoms with E-state index < -0.39 is 5.97 Å². The Bertz CT molecular complexity index is 445. The molecule has 0 saturated carbocycles. The second-order valence-electron chi connectivity index (χ2n) is 5.59. The third-order valence-corrected chi connectivity index (χ3v) is 3.79. The average molecular weight is 305 g/mol. The summed E-state index contributed by atoms with van der Waals surface area (Å²) >= 11 is 0. The van der Waals surface area contributed by atoms with E-state index in [9.17, 15) is 9.59 Å². The van der Waals surface area contributed by atoms with Crippen molar-refractivity contribution in [2.24, 2.45) is 0 Å². The molecule has 0 spiro atoms. The largest absolute Gasteiger partial charge is 0.481 e. The molecule has 22 heavy (non-hydrogen) atoms. The number of rotatable bonds is 9. The van der Waals surface area contributed by atoms with Crippen molar-refractivity contribution in [1.82, 2.24) is 4.90 Å². The Kier molecular flexibility index (Phi) is 9.06. The first-order chi connectivity index (χ1) is 10.6. The molecule has 1 fully saturated rings. The van der Waals surface area contributed by atoms with Gasteiger partial charge in [0.15, 0.2) is 0 Å². The maximum absolute atomic E-state index is 11.9. The molecule has 0 aromatic carbocycles. The van der Waals surface area contributed by atoms with Crippen LogP contribution in [-0.4, -0.2) is 34.5 Å². The molecular formula is C18H27NO3. The zero-order chi connectivity index (χ0) is 16.2. The molecule has 4 heteroatoms. The van der Waals surface area contributed by atoms with E-state index in [0.717, 1.165) is 51.5 Å². The lowest BCUT2D eigenvalue weighted by Gasteiger charge is -2.22. The Labute approximate surface area is 133 Å². The zero-order valence-electron chi connectivity index (χ0n) is 13.5. The Morgan fingerprint density at radius 2 is 2.09 bits per heavy atom. The molecule has 1 amide bonds. The number of carboxylic acids is 1. The van der Waals surface area contributed by atoms with Crippen molar-refractivity contribution in [3.05, 3.63) is 12.2 Å². The van der Waals surface area contributed by atoms with Crippen LogP contribution >= 0.6 is 0 Å². The van der Waals surface area contributed by atoms with Crippen LogP contribution < -0.4 is 0 Å². The molecule has 122 valence electrons. The molecule has 1 N–H and O–H groups in total. The normalized spacial score (nSPS) is 17.8. The fourth-order valence-corrected chi connectivity index (χ4v) is 2.64. The van der Waals surface area contributed by atoms with Gasteiger partial charge in [-0.2, -0.15) is 0 Å². The van der Waals surface area contributed by atoms with Crippen molar-refractivity contribution in [3.8, 4) is 11.8 Å². The van der Waals surface area contributed by atoms with Gasteiger partial charge in [-0.05, 0) is 19.3 Å². The van der Waals surface area contributed by atoms with Gasteiger partial charge < -0.3 is 10.0 Å². The maximum Gasteiger partial charge on any atom is 0.303 e. The van der Waals surface area contributed by atoms with E-state index >= 15 is 0 Å². The number of amides is 1. The van der Waals surface area contributed by atoms with Crippen LogP contribution in [-0.2, 0) is 9.59 Å². The minimum absolute atomic E-state index is 0.218. The van der Waals surface area contributed by atoms with Crippen LogP contribution in [0.4, 0.5) is 0 Å². The van der Waals surface area contributed by atoms with Crippen molar-refractivity contribution in [1.29, 1.82) is 0 Å². The van der Waals surface area contributed by atoms with Crippen LogP contribution in [0.3, 0.4) is 0 Å². The highest BCUT2D eigenvalue weighted by Crippen LogP contribution is 2.21. The second kappa shape index (κ2) is 10.9. The van der Waals surface area contributed by atoms with E-state index in [0.29, 0.717) is 6.42 Å². The number of carbonyl (C=O) groups excluding carboxylic acids is 1. The third kappa shape index (κ3) is 7.31. The predicted octanol–water partition coefficient (Wildman–Crippen LogP) is 3.37. The molecule has 0 radical (unpaired) electrons. The molecule has 1 rings (SSSR count). The number of allylic oxidation sites excluding steroid dienone is 1. The molecule has 1 unspecified atom stereocenters. The van der Waals surface area contributed by atoms with Crippen molar-refractivity contribution in [3.63, 3.8) is 0 Å². The lowest BCUT2D eigenvalue weighted by molar-refractivity contribution is -0.137. The first kappa shape index (κ1) is 18.3. The topological polar surface area (TPSA) is 57.6 Å². The van der Waals surface area contributed by atoms with Gasteiger partial charge in [-0.1, -0.05) is 37.8 Å². The summed E-state index contributed by atoms with van der Waals surface area (Å²) in [5.41, 5.74) is 0.